The summed E-state index contributed by atoms with van der Waals surface area (Å²) >= 11 is 0. The summed E-state index contributed by atoms with van der Waals surface area (Å²) < 4.78 is 37.6. The summed E-state index contributed by atoms with van der Waals surface area (Å²) in [6.07, 6.45) is 0.0340. The zero-order valence-electron chi connectivity index (χ0n) is 12.7. The van der Waals surface area contributed by atoms with E-state index in [4.69, 9.17) is 9.26 Å². The molecule has 0 saturated carbocycles. The van der Waals surface area contributed by atoms with Crippen LogP contribution in [0.1, 0.15) is 12.2 Å². The van der Waals surface area contributed by atoms with Crippen molar-refractivity contribution in [3.8, 4) is 11.5 Å². The third-order valence-corrected chi connectivity index (χ3v) is 3.51. The maximum Gasteiger partial charge on any atom is 0.263 e. The summed E-state index contributed by atoms with van der Waals surface area (Å²) in [6.45, 7) is 1.96. The second-order valence-electron chi connectivity index (χ2n) is 5.29. The summed E-state index contributed by atoms with van der Waals surface area (Å²) in [7, 11) is 0. The van der Waals surface area contributed by atoms with Gasteiger partial charge in [0.05, 0.1) is 25.7 Å². The van der Waals surface area contributed by atoms with Crippen LogP contribution in [-0.2, 0) is 16.1 Å². The molecule has 2 N–H and O–H groups in total. The fraction of sp³-hybridized carbons (Fsp3) is 0.400. The topological polar surface area (TPSA) is 89.3 Å². The Labute approximate surface area is 136 Å². The predicted octanol–water partition coefficient (Wildman–Crippen LogP) is 1.01. The summed E-state index contributed by atoms with van der Waals surface area (Å²) in [5.41, 5.74) is -0.385. The normalized spacial score (nSPS) is 17.7. The molecular weight excluding hydrogens is 322 g/mol. The van der Waals surface area contributed by atoms with Gasteiger partial charge in [0.25, 0.3) is 5.89 Å². The number of carbonyl (C=O) groups is 1. The van der Waals surface area contributed by atoms with Crippen molar-refractivity contribution in [2.45, 2.75) is 19.1 Å². The van der Waals surface area contributed by atoms with Gasteiger partial charge in [0.15, 0.2) is 5.82 Å². The summed E-state index contributed by atoms with van der Waals surface area (Å²) in [5, 5.41) is 9.37. The minimum atomic E-state index is -0.795. The molecule has 3 rings (SSSR count). The molecule has 1 fully saturated rings. The van der Waals surface area contributed by atoms with E-state index < -0.39 is 11.6 Å². The predicted molar refractivity (Wildman–Crippen MR) is 78.7 cm³/mol. The van der Waals surface area contributed by atoms with Crippen molar-refractivity contribution < 1.29 is 22.8 Å². The lowest BCUT2D eigenvalue weighted by molar-refractivity contribution is -0.124. The van der Waals surface area contributed by atoms with E-state index in [1.54, 1.807) is 0 Å². The molecule has 0 bridgehead atoms. The maximum absolute atomic E-state index is 13.7. The van der Waals surface area contributed by atoms with Gasteiger partial charge < -0.3 is 19.9 Å². The Bertz CT molecular complexity index is 696. The largest absolute Gasteiger partial charge is 0.375 e. The van der Waals surface area contributed by atoms with Crippen LogP contribution in [0.25, 0.3) is 11.5 Å². The van der Waals surface area contributed by atoms with Crippen LogP contribution >= 0.6 is 0 Å². The van der Waals surface area contributed by atoms with Gasteiger partial charge >= 0.3 is 0 Å². The molecule has 1 amide bonds. The van der Waals surface area contributed by atoms with Crippen molar-refractivity contribution >= 4 is 5.91 Å². The van der Waals surface area contributed by atoms with Gasteiger partial charge in [-0.1, -0.05) is 11.2 Å². The van der Waals surface area contributed by atoms with Gasteiger partial charge in [0.1, 0.15) is 17.2 Å². The van der Waals surface area contributed by atoms with Crippen molar-refractivity contribution in [2.75, 3.05) is 19.7 Å². The standard InChI is InChI=1S/C15H16F2N4O3/c16-10-2-1-3-11(17)14(10)15-20-12(21-24-15)8-19-13(22)6-9-7-18-4-5-23-9/h1-3,9,18H,4-8H2,(H,19,22)/t9-/m1/s1. The molecule has 1 atom stereocenters. The number of halogens is 2. The molecule has 0 unspecified atom stereocenters. The Morgan fingerprint density at radius 1 is 1.38 bits per heavy atom. The summed E-state index contributed by atoms with van der Waals surface area (Å²) in [5.74, 6) is -1.96. The van der Waals surface area contributed by atoms with Crippen LogP contribution in [0.15, 0.2) is 22.7 Å². The van der Waals surface area contributed by atoms with E-state index in [9.17, 15) is 13.6 Å². The second kappa shape index (κ2) is 7.45. The molecule has 0 radical (unpaired) electrons. The Morgan fingerprint density at radius 2 is 2.17 bits per heavy atom. The van der Waals surface area contributed by atoms with Crippen LogP contribution in [-0.4, -0.2) is 41.8 Å². The fourth-order valence-corrected chi connectivity index (χ4v) is 2.34. The van der Waals surface area contributed by atoms with Crippen LogP contribution in [0.2, 0.25) is 0 Å². The SMILES string of the molecule is O=C(C[C@@H]1CNCCO1)NCc1noc(-c2c(F)cccc2F)n1. The maximum atomic E-state index is 13.7. The van der Waals surface area contributed by atoms with Gasteiger partial charge in [-0.2, -0.15) is 4.98 Å². The lowest BCUT2D eigenvalue weighted by Crippen LogP contribution is -2.41. The molecule has 0 spiro atoms. The molecule has 2 heterocycles. The number of rotatable bonds is 5. The van der Waals surface area contributed by atoms with Crippen LogP contribution in [0.5, 0.6) is 0 Å². The number of hydrogen-bond donors (Lipinski definition) is 2. The van der Waals surface area contributed by atoms with E-state index in [1.807, 2.05) is 0 Å². The van der Waals surface area contributed by atoms with Gasteiger partial charge in [0.2, 0.25) is 5.91 Å². The van der Waals surface area contributed by atoms with Crippen LogP contribution < -0.4 is 10.6 Å². The molecule has 1 aliphatic rings. The zero-order chi connectivity index (χ0) is 16.9. The van der Waals surface area contributed by atoms with E-state index in [0.717, 1.165) is 18.7 Å². The van der Waals surface area contributed by atoms with Crippen molar-refractivity contribution in [2.24, 2.45) is 0 Å². The number of aromatic nitrogens is 2. The van der Waals surface area contributed by atoms with E-state index in [0.29, 0.717) is 13.2 Å². The number of ether oxygens (including phenoxy) is 1. The molecule has 1 aromatic heterocycles. The van der Waals surface area contributed by atoms with Gasteiger partial charge in [-0.15, -0.1) is 0 Å². The number of nitrogens with one attached hydrogen (secondary N) is 2. The summed E-state index contributed by atoms with van der Waals surface area (Å²) in [4.78, 5) is 15.7. The molecule has 0 aliphatic carbocycles. The molecule has 24 heavy (non-hydrogen) atoms. The highest BCUT2D eigenvalue weighted by Gasteiger charge is 2.20. The number of carbonyl (C=O) groups excluding carboxylic acids is 1. The van der Waals surface area contributed by atoms with Crippen molar-refractivity contribution in [1.29, 1.82) is 0 Å². The van der Waals surface area contributed by atoms with E-state index >= 15 is 0 Å². The third kappa shape index (κ3) is 3.92. The Kier molecular flexibility index (Phi) is 5.11. The highest BCUT2D eigenvalue weighted by atomic mass is 19.1. The third-order valence-electron chi connectivity index (χ3n) is 3.51. The first-order valence-corrected chi connectivity index (χ1v) is 7.49. The number of nitrogens with zero attached hydrogens (tertiary/aromatic N) is 2. The van der Waals surface area contributed by atoms with Crippen LogP contribution in [0, 0.1) is 11.6 Å². The van der Waals surface area contributed by atoms with E-state index in [2.05, 4.69) is 20.8 Å². The number of amides is 1. The van der Waals surface area contributed by atoms with E-state index in [1.165, 1.54) is 6.07 Å². The van der Waals surface area contributed by atoms with Gasteiger partial charge in [-0.25, -0.2) is 8.78 Å². The van der Waals surface area contributed by atoms with E-state index in [-0.39, 0.29) is 42.3 Å². The molecule has 1 aliphatic heterocycles. The minimum Gasteiger partial charge on any atom is -0.375 e. The number of morpholine rings is 1. The van der Waals surface area contributed by atoms with Crippen LogP contribution in [0.4, 0.5) is 8.78 Å². The van der Waals surface area contributed by atoms with Gasteiger partial charge in [-0.05, 0) is 12.1 Å². The van der Waals surface area contributed by atoms with Crippen molar-refractivity contribution in [3.63, 3.8) is 0 Å². The molecule has 2 aromatic rings. The van der Waals surface area contributed by atoms with Crippen molar-refractivity contribution in [1.82, 2.24) is 20.8 Å². The van der Waals surface area contributed by atoms with Gasteiger partial charge in [-0.3, -0.25) is 4.79 Å². The second-order valence-corrected chi connectivity index (χ2v) is 5.29. The first-order chi connectivity index (χ1) is 11.6. The zero-order valence-corrected chi connectivity index (χ0v) is 12.7. The smallest absolute Gasteiger partial charge is 0.263 e. The lowest BCUT2D eigenvalue weighted by atomic mass is 10.2. The highest BCUT2D eigenvalue weighted by molar-refractivity contribution is 5.76. The molecular formula is C15H16F2N4O3. The molecule has 1 saturated heterocycles. The molecule has 128 valence electrons. The minimum absolute atomic E-state index is 0.00143. The van der Waals surface area contributed by atoms with Gasteiger partial charge in [0, 0.05) is 13.1 Å². The Morgan fingerprint density at radius 3 is 2.88 bits per heavy atom. The number of hydrogen-bond acceptors (Lipinski definition) is 6. The van der Waals surface area contributed by atoms with Crippen LogP contribution in [0.3, 0.4) is 0 Å². The average molecular weight is 338 g/mol. The first-order valence-electron chi connectivity index (χ1n) is 7.49. The Hall–Kier alpha value is -2.39. The molecule has 9 heteroatoms. The Balaban J connectivity index is 1.57. The fourth-order valence-electron chi connectivity index (χ4n) is 2.34. The lowest BCUT2D eigenvalue weighted by Gasteiger charge is -2.22. The highest BCUT2D eigenvalue weighted by Crippen LogP contribution is 2.24. The number of benzene rings is 1. The molecule has 7 nitrogen and oxygen atoms in total. The summed E-state index contributed by atoms with van der Waals surface area (Å²) in [6, 6.07) is 3.44. The quantitative estimate of drug-likeness (QED) is 0.846. The average Bonchev–Trinajstić information content (AvgIpc) is 3.02. The van der Waals surface area contributed by atoms with Crippen molar-refractivity contribution in [3.05, 3.63) is 35.7 Å². The monoisotopic (exact) mass is 338 g/mol. The first kappa shape index (κ1) is 16.5. The molecule has 1 aromatic carbocycles.